The molecule has 1 atom stereocenters. The maximum Gasteiger partial charge on any atom is 0.389 e. The van der Waals surface area contributed by atoms with Crippen molar-refractivity contribution in [3.05, 3.63) is 0 Å². The van der Waals surface area contributed by atoms with E-state index in [1.165, 1.54) is 0 Å². The van der Waals surface area contributed by atoms with E-state index in [0.717, 1.165) is 0 Å². The van der Waals surface area contributed by atoms with Crippen LogP contribution >= 0.6 is 0 Å². The first-order valence-electron chi connectivity index (χ1n) is 4.52. The molecule has 0 saturated carbocycles. The number of hydrogen-bond acceptors (Lipinski definition) is 3. The highest BCUT2D eigenvalue weighted by Gasteiger charge is 2.30. The molecular weight excluding hydrogens is 213 g/mol. The van der Waals surface area contributed by atoms with Gasteiger partial charge in [-0.3, -0.25) is 14.9 Å². The molecule has 1 saturated heterocycles. The van der Waals surface area contributed by atoms with Crippen molar-refractivity contribution < 1.29 is 22.8 Å². The van der Waals surface area contributed by atoms with E-state index in [0.29, 0.717) is 0 Å². The smallest absolute Gasteiger partial charge is 0.305 e. The largest absolute Gasteiger partial charge is 0.389 e. The van der Waals surface area contributed by atoms with Crippen LogP contribution < -0.4 is 10.6 Å². The number of rotatable bonds is 4. The number of amides is 2. The molecule has 1 aliphatic rings. The molecule has 1 unspecified atom stereocenters. The number of carbonyl (C=O) groups excluding carboxylic acids is 2. The predicted molar refractivity (Wildman–Crippen MR) is 44.8 cm³/mol. The first kappa shape index (κ1) is 12.0. The van der Waals surface area contributed by atoms with Gasteiger partial charge in [0.2, 0.25) is 11.8 Å². The van der Waals surface area contributed by atoms with Crippen LogP contribution in [0.15, 0.2) is 0 Å². The molecule has 1 fully saturated rings. The van der Waals surface area contributed by atoms with Crippen molar-refractivity contribution in [2.24, 2.45) is 0 Å². The van der Waals surface area contributed by atoms with E-state index in [9.17, 15) is 22.8 Å². The van der Waals surface area contributed by atoms with Gasteiger partial charge in [-0.15, -0.1) is 0 Å². The summed E-state index contributed by atoms with van der Waals surface area (Å²) in [6.45, 7) is 0.0743. The van der Waals surface area contributed by atoms with Crippen molar-refractivity contribution in [2.75, 3.05) is 6.54 Å². The first-order chi connectivity index (χ1) is 6.88. The van der Waals surface area contributed by atoms with Crippen LogP contribution in [0.3, 0.4) is 0 Å². The highest BCUT2D eigenvalue weighted by molar-refractivity contribution is 6.05. The lowest BCUT2D eigenvalue weighted by Gasteiger charge is -2.09. The second kappa shape index (κ2) is 4.61. The molecule has 7 heteroatoms. The minimum absolute atomic E-state index is 0.00481. The van der Waals surface area contributed by atoms with Crippen LogP contribution in [0, 0.1) is 0 Å². The lowest BCUT2D eigenvalue weighted by molar-refractivity contribution is -0.135. The van der Waals surface area contributed by atoms with E-state index in [1.54, 1.807) is 0 Å². The molecule has 0 spiro atoms. The molecule has 86 valence electrons. The van der Waals surface area contributed by atoms with Crippen molar-refractivity contribution >= 4 is 11.8 Å². The van der Waals surface area contributed by atoms with Crippen LogP contribution in [0.25, 0.3) is 0 Å². The second-order valence-corrected chi connectivity index (χ2v) is 3.34. The third kappa shape index (κ3) is 4.28. The summed E-state index contributed by atoms with van der Waals surface area (Å²) in [6, 6.07) is -0.675. The van der Waals surface area contributed by atoms with Gasteiger partial charge >= 0.3 is 6.18 Å². The topological polar surface area (TPSA) is 58.2 Å². The van der Waals surface area contributed by atoms with Gasteiger partial charge in [0.25, 0.3) is 0 Å². The molecular formula is C8H11F3N2O2. The quantitative estimate of drug-likeness (QED) is 0.534. The molecule has 2 amide bonds. The van der Waals surface area contributed by atoms with Crippen LogP contribution in [-0.2, 0) is 9.59 Å². The average Bonchev–Trinajstić information content (AvgIpc) is 2.37. The van der Waals surface area contributed by atoms with E-state index in [1.807, 2.05) is 0 Å². The van der Waals surface area contributed by atoms with Gasteiger partial charge in [-0.1, -0.05) is 0 Å². The van der Waals surface area contributed by atoms with Crippen molar-refractivity contribution in [2.45, 2.75) is 31.5 Å². The fourth-order valence-corrected chi connectivity index (χ4v) is 1.28. The van der Waals surface area contributed by atoms with Gasteiger partial charge in [-0.25, -0.2) is 0 Å². The number of nitrogens with one attached hydrogen (secondary N) is 2. The predicted octanol–water partition coefficient (Wildman–Crippen LogP) is 0.334. The standard InChI is InChI=1S/C8H11F3N2O2/c9-8(10,11)2-1-3-12-5-4-6(14)13-7(5)15/h5,12H,1-4H2,(H,13,14,15). The van der Waals surface area contributed by atoms with Gasteiger partial charge in [0.1, 0.15) is 0 Å². The molecule has 2 N–H and O–H groups in total. The number of hydrogen-bond donors (Lipinski definition) is 2. The number of carbonyl (C=O) groups is 2. The van der Waals surface area contributed by atoms with E-state index < -0.39 is 30.5 Å². The van der Waals surface area contributed by atoms with Gasteiger partial charge in [0, 0.05) is 6.42 Å². The summed E-state index contributed by atoms with van der Waals surface area (Å²) in [7, 11) is 0. The number of imide groups is 1. The van der Waals surface area contributed by atoms with Gasteiger partial charge in [0.05, 0.1) is 12.5 Å². The summed E-state index contributed by atoms with van der Waals surface area (Å²) in [6.07, 6.45) is -5.15. The highest BCUT2D eigenvalue weighted by Crippen LogP contribution is 2.20. The van der Waals surface area contributed by atoms with E-state index >= 15 is 0 Å². The lowest BCUT2D eigenvalue weighted by Crippen LogP contribution is -2.37. The number of alkyl halides is 3. The van der Waals surface area contributed by atoms with Crippen LogP contribution in [0.1, 0.15) is 19.3 Å². The van der Waals surface area contributed by atoms with Crippen molar-refractivity contribution in [1.29, 1.82) is 0 Å². The summed E-state index contributed by atoms with van der Waals surface area (Å²) in [4.78, 5) is 21.7. The number of halogens is 3. The van der Waals surface area contributed by atoms with Gasteiger partial charge in [0.15, 0.2) is 0 Å². The SMILES string of the molecule is O=C1CC(NCCCC(F)(F)F)C(=O)N1. The Labute approximate surface area is 84.2 Å². The van der Waals surface area contributed by atoms with Crippen molar-refractivity contribution in [3.8, 4) is 0 Å². The van der Waals surface area contributed by atoms with Crippen molar-refractivity contribution in [1.82, 2.24) is 10.6 Å². The summed E-state index contributed by atoms with van der Waals surface area (Å²) < 4.78 is 35.2. The fourth-order valence-electron chi connectivity index (χ4n) is 1.28. The Morgan fingerprint density at radius 2 is 2.07 bits per heavy atom. The van der Waals surface area contributed by atoms with Crippen LogP contribution in [-0.4, -0.2) is 30.6 Å². The molecule has 1 aliphatic heterocycles. The molecule has 1 rings (SSSR count). The Kier molecular flexibility index (Phi) is 3.67. The Morgan fingerprint density at radius 1 is 1.40 bits per heavy atom. The van der Waals surface area contributed by atoms with E-state index in [-0.39, 0.29) is 19.4 Å². The molecule has 0 aromatic heterocycles. The molecule has 0 aliphatic carbocycles. The minimum Gasteiger partial charge on any atom is -0.305 e. The maximum atomic E-state index is 11.7. The summed E-state index contributed by atoms with van der Waals surface area (Å²) >= 11 is 0. The minimum atomic E-state index is -4.17. The van der Waals surface area contributed by atoms with Crippen molar-refractivity contribution in [3.63, 3.8) is 0 Å². The van der Waals surface area contributed by atoms with Crippen LogP contribution in [0.2, 0.25) is 0 Å². The molecule has 0 aromatic carbocycles. The molecule has 0 bridgehead atoms. The molecule has 4 nitrogen and oxygen atoms in total. The summed E-state index contributed by atoms with van der Waals surface area (Å²) in [5.41, 5.74) is 0. The molecule has 15 heavy (non-hydrogen) atoms. The monoisotopic (exact) mass is 224 g/mol. The van der Waals surface area contributed by atoms with Crippen LogP contribution in [0.4, 0.5) is 13.2 Å². The van der Waals surface area contributed by atoms with Gasteiger partial charge in [-0.05, 0) is 13.0 Å². The second-order valence-electron chi connectivity index (χ2n) is 3.34. The maximum absolute atomic E-state index is 11.7. The first-order valence-corrected chi connectivity index (χ1v) is 4.52. The third-order valence-corrected chi connectivity index (χ3v) is 2.00. The lowest BCUT2D eigenvalue weighted by atomic mass is 10.2. The average molecular weight is 224 g/mol. The zero-order valence-corrected chi connectivity index (χ0v) is 7.86. The highest BCUT2D eigenvalue weighted by atomic mass is 19.4. The molecule has 1 heterocycles. The fraction of sp³-hybridized carbons (Fsp3) is 0.750. The zero-order valence-electron chi connectivity index (χ0n) is 7.86. The Balaban J connectivity index is 2.16. The summed E-state index contributed by atoms with van der Waals surface area (Å²) in [5.74, 6) is -0.861. The normalized spacial score (nSPS) is 21.9. The van der Waals surface area contributed by atoms with E-state index in [4.69, 9.17) is 0 Å². The van der Waals surface area contributed by atoms with E-state index in [2.05, 4.69) is 10.6 Å². The Morgan fingerprint density at radius 3 is 2.53 bits per heavy atom. The molecule has 0 aromatic rings. The third-order valence-electron chi connectivity index (χ3n) is 2.00. The Hall–Kier alpha value is -1.11. The Bertz CT molecular complexity index is 265. The zero-order chi connectivity index (χ0) is 11.5. The molecule has 0 radical (unpaired) electrons. The van der Waals surface area contributed by atoms with Gasteiger partial charge < -0.3 is 5.32 Å². The van der Waals surface area contributed by atoms with Crippen LogP contribution in [0.5, 0.6) is 0 Å². The summed E-state index contributed by atoms with van der Waals surface area (Å²) in [5, 5.41) is 4.66. The van der Waals surface area contributed by atoms with Gasteiger partial charge in [-0.2, -0.15) is 13.2 Å².